The molecule has 0 aromatic carbocycles. The topological polar surface area (TPSA) is 191 Å². The number of nitrogens with two attached hydrogens (primary N) is 1. The minimum atomic E-state index is -5.87. The summed E-state index contributed by atoms with van der Waals surface area (Å²) in [7, 11) is -11.3. The zero-order valence-electron chi connectivity index (χ0n) is 12.2. The zero-order chi connectivity index (χ0) is 18.9. The lowest BCUT2D eigenvalue weighted by Crippen LogP contribution is -2.34. The minimum Gasteiger partial charge on any atom is -0.808 e. The molecule has 0 radical (unpaired) electrons. The zero-order valence-corrected chi connectivity index (χ0v) is 15.5. The minimum absolute atomic E-state index is 0.0893. The Morgan fingerprint density at radius 1 is 1.20 bits per heavy atom. The Labute approximate surface area is 150 Å². The van der Waals surface area contributed by atoms with Gasteiger partial charge in [0, 0.05) is 0 Å². The molecule has 0 aliphatic heterocycles. The van der Waals surface area contributed by atoms with E-state index in [1.165, 1.54) is 17.2 Å². The molecule has 140 valence electrons. The van der Waals surface area contributed by atoms with E-state index >= 15 is 0 Å². The Bertz CT molecular complexity index is 856. The predicted molar refractivity (Wildman–Crippen MR) is 81.3 cm³/mol. The second kappa shape index (κ2) is 7.43. The molecule has 1 atom stereocenters. The normalized spacial score (nSPS) is 15.4. The summed E-state index contributed by atoms with van der Waals surface area (Å²) in [5, 5.41) is 0. The van der Waals surface area contributed by atoms with Crippen LogP contribution in [0.15, 0.2) is 12.7 Å². The van der Waals surface area contributed by atoms with Gasteiger partial charge in [-0.25, -0.2) is 15.0 Å². The highest BCUT2D eigenvalue weighted by atomic mass is 35.5. The summed E-state index contributed by atoms with van der Waals surface area (Å²) in [5.74, 6) is 0.180. The van der Waals surface area contributed by atoms with E-state index in [4.69, 9.17) is 33.7 Å². The molecule has 25 heavy (non-hydrogen) atoms. The number of halogens is 2. The van der Waals surface area contributed by atoms with Crippen LogP contribution in [0.2, 0.25) is 0 Å². The van der Waals surface area contributed by atoms with Gasteiger partial charge in [-0.1, -0.05) is 23.2 Å². The van der Waals surface area contributed by atoms with Gasteiger partial charge in [-0.15, -0.1) is 0 Å². The van der Waals surface area contributed by atoms with Crippen molar-refractivity contribution >= 4 is 55.4 Å². The van der Waals surface area contributed by atoms with Crippen LogP contribution in [0.1, 0.15) is 0 Å². The van der Waals surface area contributed by atoms with Crippen LogP contribution in [0.4, 0.5) is 5.82 Å². The lowest BCUT2D eigenvalue weighted by Gasteiger charge is -2.46. The maximum absolute atomic E-state index is 11.6. The van der Waals surface area contributed by atoms with Crippen molar-refractivity contribution in [2.75, 3.05) is 18.9 Å². The molecule has 12 nitrogen and oxygen atoms in total. The molecule has 2 aromatic rings. The van der Waals surface area contributed by atoms with Crippen molar-refractivity contribution in [3.05, 3.63) is 12.7 Å². The van der Waals surface area contributed by atoms with Crippen LogP contribution in [0.5, 0.6) is 0 Å². The number of hydrogen-bond donors (Lipinski definition) is 1. The largest absolute Gasteiger partial charge is 0.808 e. The SMILES string of the molecule is Nc1ncnc2c1ncn2COCCOP(=O)([O-])C(Cl)(Cl)P(=O)([O-])[O-]. The van der Waals surface area contributed by atoms with Crippen LogP contribution in [-0.2, 0) is 25.1 Å². The van der Waals surface area contributed by atoms with Crippen LogP contribution in [0, 0.1) is 0 Å². The van der Waals surface area contributed by atoms with Crippen molar-refractivity contribution in [3.8, 4) is 0 Å². The number of nitrogens with zero attached hydrogens (tertiary/aromatic N) is 4. The first-order chi connectivity index (χ1) is 11.5. The Balaban J connectivity index is 1.88. The molecular formula is C9H10Cl2N5O7P2-3. The summed E-state index contributed by atoms with van der Waals surface area (Å²) in [6, 6.07) is 0. The second-order valence-electron chi connectivity index (χ2n) is 4.52. The molecule has 0 aliphatic carbocycles. The fourth-order valence-electron chi connectivity index (χ4n) is 1.60. The third-order valence-corrected chi connectivity index (χ3v) is 8.60. The molecule has 2 heterocycles. The van der Waals surface area contributed by atoms with Gasteiger partial charge < -0.3 is 38.8 Å². The summed E-state index contributed by atoms with van der Waals surface area (Å²) in [5.41, 5.74) is 6.37. The Morgan fingerprint density at radius 3 is 2.52 bits per heavy atom. The van der Waals surface area contributed by atoms with Crippen molar-refractivity contribution in [1.29, 1.82) is 0 Å². The molecular weight excluding hydrogens is 423 g/mol. The van der Waals surface area contributed by atoms with Crippen molar-refractivity contribution < 1.29 is 33.1 Å². The molecule has 0 fully saturated rings. The molecule has 0 amide bonds. The molecule has 0 bridgehead atoms. The highest BCUT2D eigenvalue weighted by molar-refractivity contribution is 7.77. The smallest absolute Gasteiger partial charge is 0.206 e. The van der Waals surface area contributed by atoms with Crippen molar-refractivity contribution in [2.45, 2.75) is 10.5 Å². The van der Waals surface area contributed by atoms with Gasteiger partial charge in [0.1, 0.15) is 18.6 Å². The van der Waals surface area contributed by atoms with Crippen LogP contribution in [0.25, 0.3) is 11.2 Å². The van der Waals surface area contributed by atoms with Crippen LogP contribution >= 0.6 is 38.4 Å². The number of anilines is 1. The molecule has 2 aromatic heterocycles. The number of ether oxygens (including phenoxy) is 1. The molecule has 2 rings (SSSR count). The Hall–Kier alpha value is -0.810. The van der Waals surface area contributed by atoms with Gasteiger partial charge in [-0.2, -0.15) is 0 Å². The Morgan fingerprint density at radius 2 is 1.88 bits per heavy atom. The predicted octanol–water partition coefficient (Wildman–Crippen LogP) is -1.04. The summed E-state index contributed by atoms with van der Waals surface area (Å²) in [4.78, 5) is 44.9. The molecule has 16 heteroatoms. The van der Waals surface area contributed by atoms with Gasteiger partial charge in [0.05, 0.1) is 19.5 Å². The number of fused-ring (bicyclic) bond motifs is 1. The third kappa shape index (κ3) is 4.30. The van der Waals surface area contributed by atoms with E-state index in [9.17, 15) is 23.8 Å². The molecule has 0 saturated heterocycles. The molecule has 0 saturated carbocycles. The maximum atomic E-state index is 11.6. The van der Waals surface area contributed by atoms with E-state index in [0.717, 1.165) is 0 Å². The number of nitrogen functional groups attached to an aromatic ring is 1. The molecule has 0 aliphatic rings. The van der Waals surface area contributed by atoms with Gasteiger partial charge >= 0.3 is 0 Å². The molecule has 2 N–H and O–H groups in total. The van der Waals surface area contributed by atoms with E-state index in [1.54, 1.807) is 0 Å². The first kappa shape index (κ1) is 20.5. The van der Waals surface area contributed by atoms with Gasteiger partial charge in [-0.05, 0) is 7.60 Å². The van der Waals surface area contributed by atoms with E-state index in [1.807, 2.05) is 0 Å². The molecule has 1 unspecified atom stereocenters. The third-order valence-electron chi connectivity index (χ3n) is 2.81. The monoisotopic (exact) mass is 432 g/mol. The quantitative estimate of drug-likeness (QED) is 0.304. The lowest BCUT2D eigenvalue weighted by molar-refractivity contribution is -0.315. The van der Waals surface area contributed by atoms with Crippen molar-refractivity contribution in [3.63, 3.8) is 0 Å². The number of aromatic nitrogens is 4. The highest BCUT2D eigenvalue weighted by Crippen LogP contribution is 2.70. The number of alkyl halides is 2. The Kier molecular flexibility index (Phi) is 6.10. The van der Waals surface area contributed by atoms with Gasteiger partial charge in [0.25, 0.3) is 0 Å². The first-order valence-corrected chi connectivity index (χ1v) is 10.2. The highest BCUT2D eigenvalue weighted by Gasteiger charge is 2.41. The maximum Gasteiger partial charge on any atom is 0.206 e. The van der Waals surface area contributed by atoms with E-state index in [2.05, 4.69) is 19.5 Å². The number of imidazole rings is 1. The number of rotatable bonds is 8. The first-order valence-electron chi connectivity index (χ1n) is 6.32. The standard InChI is InChI=1S/C9H13Cl2N5O7P2/c10-9(11,24(17,18)19)25(20,21)23-2-1-22-5-16-4-15-6-7(12)13-3-14-8(6)16/h3-4H,1-2,5H2,(H,20,21)(H2,12,13,14)(H2,17,18,19)/p-3. The summed E-state index contributed by atoms with van der Waals surface area (Å²) < 4.78 is 29.7. The summed E-state index contributed by atoms with van der Waals surface area (Å²) in [6.45, 7) is -1.00. The fraction of sp³-hybridized carbons (Fsp3) is 0.444. The molecule has 0 spiro atoms. The fourth-order valence-corrected chi connectivity index (χ4v) is 3.74. The summed E-state index contributed by atoms with van der Waals surface area (Å²) in [6.07, 6.45) is 2.61. The number of hydrogen-bond acceptors (Lipinski definition) is 11. The van der Waals surface area contributed by atoms with Crippen LogP contribution < -0.4 is 20.4 Å². The van der Waals surface area contributed by atoms with Gasteiger partial charge in [-0.3, -0.25) is 4.57 Å². The average Bonchev–Trinajstić information content (AvgIpc) is 2.90. The van der Waals surface area contributed by atoms with Gasteiger partial charge in [0.15, 0.2) is 19.1 Å². The van der Waals surface area contributed by atoms with E-state index < -0.39 is 25.6 Å². The van der Waals surface area contributed by atoms with E-state index in [0.29, 0.717) is 11.2 Å². The van der Waals surface area contributed by atoms with Crippen molar-refractivity contribution in [2.24, 2.45) is 0 Å². The average molecular weight is 433 g/mol. The lowest BCUT2D eigenvalue weighted by atomic mass is 10.5. The van der Waals surface area contributed by atoms with E-state index in [-0.39, 0.29) is 19.2 Å². The van der Waals surface area contributed by atoms with Crippen LogP contribution in [0.3, 0.4) is 0 Å². The summed E-state index contributed by atoms with van der Waals surface area (Å²) >= 11 is 10.2. The van der Waals surface area contributed by atoms with Crippen LogP contribution in [-0.4, -0.2) is 36.5 Å². The van der Waals surface area contributed by atoms with Gasteiger partial charge in [0.2, 0.25) is 3.82 Å². The second-order valence-corrected chi connectivity index (χ2v) is 10.8. The van der Waals surface area contributed by atoms with Crippen molar-refractivity contribution in [1.82, 2.24) is 19.5 Å².